The molecule has 0 fully saturated rings. The number of imidazole rings is 1. The largest absolute Gasteiger partial charge is 0.394 e. The third-order valence-electron chi connectivity index (χ3n) is 3.72. The molecule has 7 heteroatoms. The van der Waals surface area contributed by atoms with Gasteiger partial charge in [0.1, 0.15) is 12.1 Å². The number of carbonyl (C=O) groups is 1. The van der Waals surface area contributed by atoms with Gasteiger partial charge in [0.05, 0.1) is 12.6 Å². The Morgan fingerprint density at radius 1 is 1.20 bits per heavy atom. The first kappa shape index (κ1) is 16.7. The minimum absolute atomic E-state index is 0.168. The molecule has 1 unspecified atom stereocenters. The summed E-state index contributed by atoms with van der Waals surface area (Å²) in [5, 5.41) is 15.0. The Labute approximate surface area is 145 Å². The van der Waals surface area contributed by atoms with Crippen molar-refractivity contribution in [3.05, 3.63) is 78.5 Å². The maximum atomic E-state index is 12.0. The van der Waals surface area contributed by atoms with Gasteiger partial charge in [-0.15, -0.1) is 0 Å². The summed E-state index contributed by atoms with van der Waals surface area (Å²) in [5.74, 6) is 0.759. The number of carbonyl (C=O) groups excluding carboxylic acids is 1. The number of amides is 2. The molecule has 0 bridgehead atoms. The SMILES string of the molecule is O=C(NCc1ccc(-n2ccnc2)nc1)NC(CO)c1ccccc1. The molecule has 2 aromatic heterocycles. The summed E-state index contributed by atoms with van der Waals surface area (Å²) >= 11 is 0. The van der Waals surface area contributed by atoms with Crippen molar-refractivity contribution in [2.24, 2.45) is 0 Å². The van der Waals surface area contributed by atoms with E-state index in [1.54, 1.807) is 23.3 Å². The van der Waals surface area contributed by atoms with Crippen LogP contribution in [-0.2, 0) is 6.54 Å². The Morgan fingerprint density at radius 3 is 2.68 bits per heavy atom. The van der Waals surface area contributed by atoms with E-state index in [4.69, 9.17) is 0 Å². The zero-order chi connectivity index (χ0) is 17.5. The van der Waals surface area contributed by atoms with Gasteiger partial charge in [-0.25, -0.2) is 14.8 Å². The van der Waals surface area contributed by atoms with Crippen LogP contribution in [0.5, 0.6) is 0 Å². The lowest BCUT2D eigenvalue weighted by atomic mass is 10.1. The number of aliphatic hydroxyl groups is 1. The number of hydrogen-bond donors (Lipinski definition) is 3. The van der Waals surface area contributed by atoms with Crippen LogP contribution in [0, 0.1) is 0 Å². The van der Waals surface area contributed by atoms with E-state index in [9.17, 15) is 9.90 Å². The van der Waals surface area contributed by atoms with Crippen LogP contribution in [0.25, 0.3) is 5.82 Å². The second-order valence-electron chi connectivity index (χ2n) is 5.47. The van der Waals surface area contributed by atoms with E-state index >= 15 is 0 Å². The average Bonchev–Trinajstić information content (AvgIpc) is 3.20. The fourth-order valence-electron chi connectivity index (χ4n) is 2.38. The lowest BCUT2D eigenvalue weighted by Crippen LogP contribution is -2.38. The highest BCUT2D eigenvalue weighted by Gasteiger charge is 2.12. The van der Waals surface area contributed by atoms with E-state index in [1.165, 1.54) is 0 Å². The molecule has 3 aromatic rings. The molecular formula is C18H19N5O2. The molecule has 0 saturated heterocycles. The van der Waals surface area contributed by atoms with Crippen molar-refractivity contribution in [2.75, 3.05) is 6.61 Å². The summed E-state index contributed by atoms with van der Waals surface area (Å²) < 4.78 is 1.80. The summed E-state index contributed by atoms with van der Waals surface area (Å²) in [6, 6.07) is 12.3. The zero-order valence-electron chi connectivity index (χ0n) is 13.5. The Kier molecular flexibility index (Phi) is 5.38. The van der Waals surface area contributed by atoms with Crippen LogP contribution >= 0.6 is 0 Å². The second-order valence-corrected chi connectivity index (χ2v) is 5.47. The van der Waals surface area contributed by atoms with E-state index in [-0.39, 0.29) is 12.6 Å². The Hall–Kier alpha value is -3.19. The van der Waals surface area contributed by atoms with E-state index in [0.29, 0.717) is 6.54 Å². The van der Waals surface area contributed by atoms with Gasteiger partial charge in [-0.3, -0.25) is 4.57 Å². The van der Waals surface area contributed by atoms with Crippen LogP contribution in [-0.4, -0.2) is 32.3 Å². The van der Waals surface area contributed by atoms with Crippen LogP contribution in [0.4, 0.5) is 4.79 Å². The molecule has 1 aromatic carbocycles. The molecule has 0 saturated carbocycles. The molecule has 128 valence electrons. The number of benzene rings is 1. The minimum Gasteiger partial charge on any atom is -0.394 e. The summed E-state index contributed by atoms with van der Waals surface area (Å²) in [5.41, 5.74) is 1.73. The van der Waals surface area contributed by atoms with Crippen LogP contribution < -0.4 is 10.6 Å². The highest BCUT2D eigenvalue weighted by Crippen LogP contribution is 2.11. The van der Waals surface area contributed by atoms with E-state index in [2.05, 4.69) is 20.6 Å². The molecule has 7 nitrogen and oxygen atoms in total. The summed E-state index contributed by atoms with van der Waals surface area (Å²) in [7, 11) is 0. The van der Waals surface area contributed by atoms with E-state index in [1.807, 2.05) is 48.7 Å². The number of urea groups is 1. The topological polar surface area (TPSA) is 92.1 Å². The van der Waals surface area contributed by atoms with Crippen LogP contribution in [0.1, 0.15) is 17.2 Å². The van der Waals surface area contributed by atoms with Gasteiger partial charge in [0.15, 0.2) is 0 Å². The van der Waals surface area contributed by atoms with E-state index < -0.39 is 6.04 Å². The third-order valence-corrected chi connectivity index (χ3v) is 3.72. The summed E-state index contributed by atoms with van der Waals surface area (Å²) in [6.07, 6.45) is 6.88. The smallest absolute Gasteiger partial charge is 0.315 e. The zero-order valence-corrected chi connectivity index (χ0v) is 13.5. The quantitative estimate of drug-likeness (QED) is 0.639. The highest BCUT2D eigenvalue weighted by atomic mass is 16.3. The van der Waals surface area contributed by atoms with Crippen molar-refractivity contribution in [3.63, 3.8) is 0 Å². The molecule has 2 amide bonds. The van der Waals surface area contributed by atoms with Crippen LogP contribution in [0.15, 0.2) is 67.4 Å². The molecule has 2 heterocycles. The van der Waals surface area contributed by atoms with Crippen molar-refractivity contribution in [3.8, 4) is 5.82 Å². The number of nitrogens with one attached hydrogen (secondary N) is 2. The fraction of sp³-hybridized carbons (Fsp3) is 0.167. The van der Waals surface area contributed by atoms with E-state index in [0.717, 1.165) is 16.9 Å². The number of aromatic nitrogens is 3. The van der Waals surface area contributed by atoms with Gasteiger partial charge < -0.3 is 15.7 Å². The van der Waals surface area contributed by atoms with Gasteiger partial charge in [0.25, 0.3) is 0 Å². The standard InChI is InChI=1S/C18H19N5O2/c24-12-16(15-4-2-1-3-5-15)22-18(25)21-11-14-6-7-17(20-10-14)23-9-8-19-13-23/h1-10,13,16,24H,11-12H2,(H2,21,22,25). The molecule has 0 aliphatic carbocycles. The maximum Gasteiger partial charge on any atom is 0.315 e. The van der Waals surface area contributed by atoms with Gasteiger partial charge >= 0.3 is 6.03 Å². The Balaban J connectivity index is 1.53. The lowest BCUT2D eigenvalue weighted by Gasteiger charge is -2.17. The lowest BCUT2D eigenvalue weighted by molar-refractivity contribution is 0.216. The number of aliphatic hydroxyl groups excluding tert-OH is 1. The van der Waals surface area contributed by atoms with Gasteiger partial charge in [0, 0.05) is 25.1 Å². The van der Waals surface area contributed by atoms with Gasteiger partial charge in [-0.2, -0.15) is 0 Å². The maximum absolute atomic E-state index is 12.0. The molecule has 0 spiro atoms. The van der Waals surface area contributed by atoms with Crippen molar-refractivity contribution >= 4 is 6.03 Å². The minimum atomic E-state index is -0.442. The molecule has 25 heavy (non-hydrogen) atoms. The molecule has 3 rings (SSSR count). The average molecular weight is 337 g/mol. The Morgan fingerprint density at radius 2 is 2.04 bits per heavy atom. The molecular weight excluding hydrogens is 318 g/mol. The normalized spacial score (nSPS) is 11.7. The summed E-state index contributed by atoms with van der Waals surface area (Å²) in [4.78, 5) is 20.4. The fourth-order valence-corrected chi connectivity index (χ4v) is 2.38. The predicted molar refractivity (Wildman–Crippen MR) is 93.0 cm³/mol. The first-order valence-electron chi connectivity index (χ1n) is 7.89. The number of pyridine rings is 1. The van der Waals surface area contributed by atoms with Crippen molar-refractivity contribution in [1.29, 1.82) is 0 Å². The van der Waals surface area contributed by atoms with Crippen LogP contribution in [0.3, 0.4) is 0 Å². The molecule has 0 aliphatic heterocycles. The molecule has 3 N–H and O–H groups in total. The molecule has 0 aliphatic rings. The first-order valence-corrected chi connectivity index (χ1v) is 7.89. The second kappa shape index (κ2) is 8.07. The number of rotatable bonds is 6. The highest BCUT2D eigenvalue weighted by molar-refractivity contribution is 5.74. The first-order chi connectivity index (χ1) is 12.3. The predicted octanol–water partition coefficient (Wildman–Crippen LogP) is 1.80. The van der Waals surface area contributed by atoms with Crippen molar-refractivity contribution < 1.29 is 9.90 Å². The van der Waals surface area contributed by atoms with Crippen LogP contribution in [0.2, 0.25) is 0 Å². The third kappa shape index (κ3) is 4.42. The summed E-state index contributed by atoms with van der Waals surface area (Å²) in [6.45, 7) is 0.175. The number of hydrogen-bond acceptors (Lipinski definition) is 4. The van der Waals surface area contributed by atoms with Crippen molar-refractivity contribution in [2.45, 2.75) is 12.6 Å². The number of nitrogens with zero attached hydrogens (tertiary/aromatic N) is 3. The van der Waals surface area contributed by atoms with Crippen molar-refractivity contribution in [1.82, 2.24) is 25.2 Å². The molecule has 1 atom stereocenters. The Bertz CT molecular complexity index is 788. The van der Waals surface area contributed by atoms with Gasteiger partial charge in [-0.05, 0) is 17.2 Å². The van der Waals surface area contributed by atoms with Gasteiger partial charge in [0.2, 0.25) is 0 Å². The molecule has 0 radical (unpaired) electrons. The van der Waals surface area contributed by atoms with Gasteiger partial charge in [-0.1, -0.05) is 36.4 Å². The monoisotopic (exact) mass is 337 g/mol.